The molecular weight excluding hydrogens is 264 g/mol. The van der Waals surface area contributed by atoms with E-state index in [4.69, 9.17) is 10.7 Å². The van der Waals surface area contributed by atoms with E-state index in [9.17, 15) is 0 Å². The number of thiazole rings is 1. The van der Waals surface area contributed by atoms with Gasteiger partial charge in [-0.25, -0.2) is 4.98 Å². The Labute approximate surface area is 125 Å². The summed E-state index contributed by atoms with van der Waals surface area (Å²) >= 11 is 1.77. The molecule has 1 heterocycles. The van der Waals surface area contributed by atoms with Crippen LogP contribution in [-0.2, 0) is 12.8 Å². The highest BCUT2D eigenvalue weighted by atomic mass is 32.1. The van der Waals surface area contributed by atoms with Gasteiger partial charge in [-0.3, -0.25) is 0 Å². The third-order valence-corrected chi connectivity index (χ3v) is 5.37. The number of aromatic nitrogens is 1. The Morgan fingerprint density at radius 3 is 2.65 bits per heavy atom. The summed E-state index contributed by atoms with van der Waals surface area (Å²) in [5, 5.41) is 1.12. The lowest BCUT2D eigenvalue weighted by Gasteiger charge is -2.32. The van der Waals surface area contributed by atoms with Crippen molar-refractivity contribution >= 4 is 11.3 Å². The van der Waals surface area contributed by atoms with Crippen LogP contribution in [0.5, 0.6) is 0 Å². The molecule has 0 saturated heterocycles. The van der Waals surface area contributed by atoms with Gasteiger partial charge in [0.2, 0.25) is 0 Å². The van der Waals surface area contributed by atoms with Crippen molar-refractivity contribution in [2.75, 3.05) is 0 Å². The number of rotatable bonds is 2. The van der Waals surface area contributed by atoms with Crippen LogP contribution in [0.2, 0.25) is 0 Å². The van der Waals surface area contributed by atoms with Gasteiger partial charge in [0.15, 0.2) is 0 Å². The van der Waals surface area contributed by atoms with Crippen LogP contribution in [0, 0.1) is 5.41 Å². The first-order valence-electron chi connectivity index (χ1n) is 7.33. The van der Waals surface area contributed by atoms with Crippen molar-refractivity contribution in [3.63, 3.8) is 0 Å². The predicted molar refractivity (Wildman–Crippen MR) is 86.0 cm³/mol. The second-order valence-corrected chi connectivity index (χ2v) is 7.56. The quantitative estimate of drug-likeness (QED) is 0.891. The molecule has 1 aromatic heterocycles. The molecule has 0 spiro atoms. The van der Waals surface area contributed by atoms with Crippen LogP contribution in [0.25, 0.3) is 10.6 Å². The highest BCUT2D eigenvalue weighted by molar-refractivity contribution is 7.15. The number of fused-ring (bicyclic) bond motifs is 1. The van der Waals surface area contributed by atoms with E-state index in [0.29, 0.717) is 0 Å². The molecule has 1 aromatic carbocycles. The van der Waals surface area contributed by atoms with Crippen LogP contribution in [0.15, 0.2) is 24.3 Å². The zero-order valence-corrected chi connectivity index (χ0v) is 13.3. The summed E-state index contributed by atoms with van der Waals surface area (Å²) in [6.07, 6.45) is 3.17. The maximum absolute atomic E-state index is 6.33. The molecule has 0 radical (unpaired) electrons. The van der Waals surface area contributed by atoms with E-state index < -0.39 is 0 Å². The normalized spacial score (nSPS) is 20.7. The fourth-order valence-electron chi connectivity index (χ4n) is 3.00. The van der Waals surface area contributed by atoms with Gasteiger partial charge in [0.1, 0.15) is 5.01 Å². The van der Waals surface area contributed by atoms with Gasteiger partial charge in [-0.2, -0.15) is 0 Å². The first-order chi connectivity index (χ1) is 9.48. The molecule has 1 aliphatic rings. The van der Waals surface area contributed by atoms with Gasteiger partial charge in [0.05, 0.1) is 5.69 Å². The summed E-state index contributed by atoms with van der Waals surface area (Å²) in [4.78, 5) is 6.15. The molecule has 0 amide bonds. The Balaban J connectivity index is 1.96. The molecule has 0 fully saturated rings. The summed E-state index contributed by atoms with van der Waals surface area (Å²) in [5.41, 5.74) is 10.4. The van der Waals surface area contributed by atoms with Gasteiger partial charge in [-0.1, -0.05) is 45.0 Å². The van der Waals surface area contributed by atoms with E-state index >= 15 is 0 Å². The van der Waals surface area contributed by atoms with Gasteiger partial charge in [-0.05, 0) is 30.2 Å². The van der Waals surface area contributed by atoms with E-state index in [1.165, 1.54) is 21.7 Å². The fourth-order valence-corrected chi connectivity index (χ4v) is 4.09. The van der Waals surface area contributed by atoms with E-state index in [1.807, 2.05) is 0 Å². The summed E-state index contributed by atoms with van der Waals surface area (Å²) in [6, 6.07) is 8.90. The van der Waals surface area contributed by atoms with Crippen molar-refractivity contribution in [2.45, 2.75) is 46.1 Å². The molecule has 0 bridgehead atoms. The van der Waals surface area contributed by atoms with E-state index in [0.717, 1.165) is 24.3 Å². The minimum Gasteiger partial charge on any atom is -0.323 e. The molecule has 1 atom stereocenters. The van der Waals surface area contributed by atoms with E-state index in [1.54, 1.807) is 11.3 Å². The van der Waals surface area contributed by atoms with Crippen molar-refractivity contribution in [1.29, 1.82) is 0 Å². The van der Waals surface area contributed by atoms with Crippen LogP contribution >= 0.6 is 11.3 Å². The van der Waals surface area contributed by atoms with Crippen molar-refractivity contribution in [3.05, 3.63) is 40.4 Å². The molecule has 1 aliphatic carbocycles. The third-order valence-electron chi connectivity index (χ3n) is 4.09. The Hall–Kier alpha value is -1.19. The molecular formula is C17H22N2S. The lowest BCUT2D eigenvalue weighted by molar-refractivity contribution is 0.282. The number of hydrogen-bond donors (Lipinski definition) is 1. The van der Waals surface area contributed by atoms with Crippen LogP contribution in [0.3, 0.4) is 0 Å². The van der Waals surface area contributed by atoms with E-state index in [2.05, 4.69) is 45.0 Å². The second-order valence-electron chi connectivity index (χ2n) is 6.53. The van der Waals surface area contributed by atoms with Gasteiger partial charge in [-0.15, -0.1) is 11.3 Å². The number of hydrogen-bond acceptors (Lipinski definition) is 3. The summed E-state index contributed by atoms with van der Waals surface area (Å²) < 4.78 is 0. The highest BCUT2D eigenvalue weighted by Crippen LogP contribution is 2.43. The standard InChI is InChI=1S/C17H22N2S/c1-4-11-5-7-12(8-6-11)16-19-14-10-17(2,3)9-13(18)15(14)20-16/h5-8,13H,4,9-10,18H2,1-3H3. The van der Waals surface area contributed by atoms with Crippen LogP contribution in [0.4, 0.5) is 0 Å². The summed E-state index contributed by atoms with van der Waals surface area (Å²) in [6.45, 7) is 6.74. The monoisotopic (exact) mass is 286 g/mol. The Kier molecular flexibility index (Phi) is 3.43. The maximum Gasteiger partial charge on any atom is 0.123 e. The zero-order chi connectivity index (χ0) is 14.3. The molecule has 0 aliphatic heterocycles. The Bertz CT molecular complexity index is 610. The molecule has 2 nitrogen and oxygen atoms in total. The Morgan fingerprint density at radius 1 is 1.30 bits per heavy atom. The minimum atomic E-state index is 0.148. The molecule has 1 unspecified atom stereocenters. The van der Waals surface area contributed by atoms with Crippen molar-refractivity contribution in [3.8, 4) is 10.6 Å². The highest BCUT2D eigenvalue weighted by Gasteiger charge is 2.33. The van der Waals surface area contributed by atoms with Gasteiger partial charge in [0, 0.05) is 16.5 Å². The smallest absolute Gasteiger partial charge is 0.123 e. The van der Waals surface area contributed by atoms with Crippen molar-refractivity contribution in [1.82, 2.24) is 4.98 Å². The minimum absolute atomic E-state index is 0.148. The predicted octanol–water partition coefficient (Wildman–Crippen LogP) is 4.34. The van der Waals surface area contributed by atoms with E-state index in [-0.39, 0.29) is 11.5 Å². The topological polar surface area (TPSA) is 38.9 Å². The summed E-state index contributed by atoms with van der Waals surface area (Å²) in [5.74, 6) is 0. The molecule has 106 valence electrons. The zero-order valence-electron chi connectivity index (χ0n) is 12.4. The van der Waals surface area contributed by atoms with Gasteiger partial charge < -0.3 is 5.73 Å². The first kappa shape index (κ1) is 13.8. The maximum atomic E-state index is 6.33. The molecule has 2 N–H and O–H groups in total. The lowest BCUT2D eigenvalue weighted by Crippen LogP contribution is -2.28. The average molecular weight is 286 g/mol. The molecule has 20 heavy (non-hydrogen) atoms. The average Bonchev–Trinajstić information content (AvgIpc) is 2.81. The second kappa shape index (κ2) is 4.97. The number of nitrogens with zero attached hydrogens (tertiary/aromatic N) is 1. The molecule has 3 heteroatoms. The van der Waals surface area contributed by atoms with Gasteiger partial charge in [0.25, 0.3) is 0 Å². The Morgan fingerprint density at radius 2 is 2.00 bits per heavy atom. The molecule has 2 aromatic rings. The van der Waals surface area contributed by atoms with Crippen LogP contribution in [0.1, 0.15) is 49.4 Å². The van der Waals surface area contributed by atoms with Gasteiger partial charge >= 0.3 is 0 Å². The van der Waals surface area contributed by atoms with Crippen molar-refractivity contribution in [2.24, 2.45) is 11.1 Å². The lowest BCUT2D eigenvalue weighted by atomic mass is 9.77. The van der Waals surface area contributed by atoms with Crippen LogP contribution < -0.4 is 5.73 Å². The van der Waals surface area contributed by atoms with Crippen molar-refractivity contribution < 1.29 is 0 Å². The van der Waals surface area contributed by atoms with Crippen LogP contribution in [-0.4, -0.2) is 4.98 Å². The SMILES string of the molecule is CCc1ccc(-c2nc3c(s2)C(N)CC(C)(C)C3)cc1. The third kappa shape index (κ3) is 2.52. The molecule has 3 rings (SSSR count). The fraction of sp³-hybridized carbons (Fsp3) is 0.471. The largest absolute Gasteiger partial charge is 0.323 e. The first-order valence-corrected chi connectivity index (χ1v) is 8.14. The molecule has 0 saturated carbocycles. The number of benzene rings is 1. The number of aryl methyl sites for hydroxylation is 1. The number of nitrogens with two attached hydrogens (primary N) is 1. The summed E-state index contributed by atoms with van der Waals surface area (Å²) in [7, 11) is 0.